The number of rotatable bonds is 3. The van der Waals surface area contributed by atoms with Crippen molar-refractivity contribution in [3.05, 3.63) is 59.7 Å². The van der Waals surface area contributed by atoms with Crippen molar-refractivity contribution in [2.45, 2.75) is 4.90 Å². The van der Waals surface area contributed by atoms with Crippen LogP contribution >= 0.6 is 0 Å². The molecule has 8 heteroatoms. The van der Waals surface area contributed by atoms with Crippen LogP contribution in [0.4, 0.5) is 14.5 Å². The van der Waals surface area contributed by atoms with Crippen LogP contribution in [0.1, 0.15) is 10.4 Å². The zero-order chi connectivity index (χ0) is 15.6. The van der Waals surface area contributed by atoms with E-state index in [4.69, 9.17) is 5.14 Å². The first-order valence-electron chi connectivity index (χ1n) is 5.66. The Morgan fingerprint density at radius 1 is 1.05 bits per heavy atom. The number of amides is 1. The summed E-state index contributed by atoms with van der Waals surface area (Å²) in [4.78, 5) is 11.2. The van der Waals surface area contributed by atoms with Crippen molar-refractivity contribution in [3.8, 4) is 0 Å². The summed E-state index contributed by atoms with van der Waals surface area (Å²) in [7, 11) is -4.17. The predicted octanol–water partition coefficient (Wildman–Crippen LogP) is 1.86. The van der Waals surface area contributed by atoms with Crippen LogP contribution in [0.2, 0.25) is 0 Å². The van der Waals surface area contributed by atoms with E-state index in [1.54, 1.807) is 0 Å². The number of primary sulfonamides is 1. The number of nitrogens with two attached hydrogens (primary N) is 1. The van der Waals surface area contributed by atoms with Gasteiger partial charge < -0.3 is 5.32 Å². The van der Waals surface area contributed by atoms with Crippen molar-refractivity contribution in [1.82, 2.24) is 0 Å². The Morgan fingerprint density at radius 2 is 1.67 bits per heavy atom. The highest BCUT2D eigenvalue weighted by Gasteiger charge is 2.15. The van der Waals surface area contributed by atoms with Gasteiger partial charge in [0.2, 0.25) is 10.0 Å². The Morgan fingerprint density at radius 3 is 2.19 bits per heavy atom. The third-order valence-electron chi connectivity index (χ3n) is 2.60. The van der Waals surface area contributed by atoms with Gasteiger partial charge in [0.15, 0.2) is 0 Å². The van der Waals surface area contributed by atoms with E-state index in [9.17, 15) is 22.0 Å². The molecular weight excluding hydrogens is 302 g/mol. The number of hydrogen-bond donors (Lipinski definition) is 2. The van der Waals surface area contributed by atoms with Crippen LogP contribution in [0.25, 0.3) is 0 Å². The zero-order valence-electron chi connectivity index (χ0n) is 10.5. The highest BCUT2D eigenvalue weighted by molar-refractivity contribution is 7.89. The number of sulfonamides is 1. The van der Waals surface area contributed by atoms with Gasteiger partial charge in [0.1, 0.15) is 16.5 Å². The minimum atomic E-state index is -4.17. The van der Waals surface area contributed by atoms with Gasteiger partial charge in [-0.05, 0) is 42.5 Å². The summed E-state index contributed by atoms with van der Waals surface area (Å²) in [6.07, 6.45) is 0. The maximum absolute atomic E-state index is 13.6. The molecule has 0 aliphatic rings. The Kier molecular flexibility index (Phi) is 4.01. The largest absolute Gasteiger partial charge is 0.322 e. The number of nitrogens with one attached hydrogen (secondary N) is 1. The molecule has 5 nitrogen and oxygen atoms in total. The van der Waals surface area contributed by atoms with Crippen molar-refractivity contribution in [3.63, 3.8) is 0 Å². The first-order chi connectivity index (χ1) is 9.77. The molecule has 0 saturated carbocycles. The Bertz CT molecular complexity index is 790. The molecule has 0 radical (unpaired) electrons. The van der Waals surface area contributed by atoms with E-state index in [2.05, 4.69) is 5.32 Å². The van der Waals surface area contributed by atoms with Crippen LogP contribution in [0.5, 0.6) is 0 Å². The summed E-state index contributed by atoms with van der Waals surface area (Å²) in [5.41, 5.74) is 0.224. The van der Waals surface area contributed by atoms with E-state index in [-0.39, 0.29) is 11.3 Å². The quantitative estimate of drug-likeness (QED) is 0.906. The third kappa shape index (κ3) is 3.61. The molecule has 2 aromatic rings. The van der Waals surface area contributed by atoms with Crippen LogP contribution in [-0.4, -0.2) is 14.3 Å². The lowest BCUT2D eigenvalue weighted by atomic mass is 10.2. The summed E-state index contributed by atoms with van der Waals surface area (Å²) in [5, 5.41) is 7.18. The number of benzene rings is 2. The molecule has 0 heterocycles. The molecule has 2 rings (SSSR count). The van der Waals surface area contributed by atoms with Crippen LogP contribution in [0.3, 0.4) is 0 Å². The third-order valence-corrected chi connectivity index (χ3v) is 3.55. The Hall–Kier alpha value is -2.32. The molecule has 0 atom stereocenters. The highest BCUT2D eigenvalue weighted by Crippen LogP contribution is 2.18. The first-order valence-corrected chi connectivity index (χ1v) is 7.21. The van der Waals surface area contributed by atoms with Gasteiger partial charge in [0, 0.05) is 11.3 Å². The van der Waals surface area contributed by atoms with E-state index in [1.165, 1.54) is 18.2 Å². The summed E-state index contributed by atoms with van der Waals surface area (Å²) >= 11 is 0. The number of carbonyl (C=O) groups excluding carboxylic acids is 1. The lowest BCUT2D eigenvalue weighted by molar-refractivity contribution is 0.102. The number of halogens is 2. The maximum atomic E-state index is 13.6. The standard InChI is InChI=1S/C13H10F2N2O3S/c14-9-3-1-8(2-4-9)13(18)17-10-5-6-12(11(15)7-10)21(16,19)20/h1-7H,(H,17,18)(H2,16,19,20). The van der Waals surface area contributed by atoms with Gasteiger partial charge >= 0.3 is 0 Å². The first kappa shape index (κ1) is 15.1. The van der Waals surface area contributed by atoms with Gasteiger partial charge in [-0.25, -0.2) is 22.3 Å². The summed E-state index contributed by atoms with van der Waals surface area (Å²) in [6, 6.07) is 7.73. The smallest absolute Gasteiger partial charge is 0.255 e. The van der Waals surface area contributed by atoms with Gasteiger partial charge in [-0.2, -0.15) is 0 Å². The van der Waals surface area contributed by atoms with Gasteiger partial charge in [0.05, 0.1) is 0 Å². The van der Waals surface area contributed by atoms with Gasteiger partial charge in [0.25, 0.3) is 5.91 Å². The molecule has 110 valence electrons. The SMILES string of the molecule is NS(=O)(=O)c1ccc(NC(=O)c2ccc(F)cc2)cc1F. The maximum Gasteiger partial charge on any atom is 0.255 e. The van der Waals surface area contributed by atoms with Crippen molar-refractivity contribution in [2.24, 2.45) is 5.14 Å². The van der Waals surface area contributed by atoms with Crippen LogP contribution in [0, 0.1) is 11.6 Å². The molecule has 2 aromatic carbocycles. The van der Waals surface area contributed by atoms with E-state index in [1.807, 2.05) is 0 Å². The second-order valence-corrected chi connectivity index (χ2v) is 5.68. The van der Waals surface area contributed by atoms with Gasteiger partial charge in [-0.3, -0.25) is 4.79 Å². The molecule has 1 amide bonds. The molecule has 0 fully saturated rings. The van der Waals surface area contributed by atoms with Crippen LogP contribution in [0.15, 0.2) is 47.4 Å². The minimum Gasteiger partial charge on any atom is -0.322 e. The minimum absolute atomic E-state index is 0.0502. The van der Waals surface area contributed by atoms with Crippen molar-refractivity contribution >= 4 is 21.6 Å². The molecule has 0 unspecified atom stereocenters. The molecule has 0 spiro atoms. The van der Waals surface area contributed by atoms with Gasteiger partial charge in [-0.15, -0.1) is 0 Å². The zero-order valence-corrected chi connectivity index (χ0v) is 11.3. The Labute approximate surface area is 119 Å². The average Bonchev–Trinajstić information content (AvgIpc) is 2.37. The second-order valence-electron chi connectivity index (χ2n) is 4.15. The number of hydrogen-bond acceptors (Lipinski definition) is 3. The fourth-order valence-corrected chi connectivity index (χ4v) is 2.20. The molecular formula is C13H10F2N2O3S. The van der Waals surface area contributed by atoms with E-state index in [0.717, 1.165) is 24.3 Å². The molecule has 3 N–H and O–H groups in total. The second kappa shape index (κ2) is 5.58. The summed E-state index contributed by atoms with van der Waals surface area (Å²) in [6.45, 7) is 0. The van der Waals surface area contributed by atoms with Crippen LogP contribution in [-0.2, 0) is 10.0 Å². The van der Waals surface area contributed by atoms with Gasteiger partial charge in [-0.1, -0.05) is 0 Å². The predicted molar refractivity (Wildman–Crippen MR) is 72.1 cm³/mol. The van der Waals surface area contributed by atoms with Crippen molar-refractivity contribution in [2.75, 3.05) is 5.32 Å². The summed E-state index contributed by atoms with van der Waals surface area (Å²) in [5.74, 6) is -2.15. The summed E-state index contributed by atoms with van der Waals surface area (Å²) < 4.78 is 48.4. The molecule has 0 saturated heterocycles. The lowest BCUT2D eigenvalue weighted by Gasteiger charge is -2.07. The lowest BCUT2D eigenvalue weighted by Crippen LogP contribution is -2.15. The van der Waals surface area contributed by atoms with Crippen LogP contribution < -0.4 is 10.5 Å². The van der Waals surface area contributed by atoms with E-state index >= 15 is 0 Å². The van der Waals surface area contributed by atoms with Crippen molar-refractivity contribution < 1.29 is 22.0 Å². The topological polar surface area (TPSA) is 89.3 Å². The normalized spacial score (nSPS) is 11.2. The molecule has 0 aliphatic carbocycles. The molecule has 0 aliphatic heterocycles. The van der Waals surface area contributed by atoms with E-state index < -0.39 is 32.5 Å². The van der Waals surface area contributed by atoms with Crippen molar-refractivity contribution in [1.29, 1.82) is 0 Å². The number of anilines is 1. The Balaban J connectivity index is 2.22. The fraction of sp³-hybridized carbons (Fsp3) is 0. The molecule has 0 aromatic heterocycles. The molecule has 0 bridgehead atoms. The fourth-order valence-electron chi connectivity index (χ4n) is 1.61. The number of carbonyl (C=O) groups is 1. The van der Waals surface area contributed by atoms with E-state index in [0.29, 0.717) is 0 Å². The monoisotopic (exact) mass is 312 g/mol. The molecule has 21 heavy (non-hydrogen) atoms. The highest BCUT2D eigenvalue weighted by atomic mass is 32.2. The average molecular weight is 312 g/mol.